The summed E-state index contributed by atoms with van der Waals surface area (Å²) in [5, 5.41) is 26.4. The molecule has 0 aromatic heterocycles. The monoisotopic (exact) mass is 654 g/mol. The number of rotatable bonds is 6. The third-order valence-electron chi connectivity index (χ3n) is 6.63. The molecule has 1 aliphatic carbocycles. The Balaban J connectivity index is 0.00000264. The van der Waals surface area contributed by atoms with Gasteiger partial charge in [-0.05, 0) is 73.5 Å². The van der Waals surface area contributed by atoms with Gasteiger partial charge < -0.3 is 30.0 Å². The van der Waals surface area contributed by atoms with Crippen LogP contribution in [0.25, 0.3) is 0 Å². The van der Waals surface area contributed by atoms with Crippen molar-refractivity contribution in [2.24, 2.45) is 0 Å². The van der Waals surface area contributed by atoms with Crippen LogP contribution < -0.4 is 69.7 Å². The molecule has 0 amide bonds. The minimum absolute atomic E-state index is 0. The molecule has 0 heterocycles. The molecule has 12 nitrogen and oxygen atoms in total. The van der Waals surface area contributed by atoms with Crippen molar-refractivity contribution >= 4 is 54.6 Å². The normalized spacial score (nSPS) is 12.4. The van der Waals surface area contributed by atoms with Crippen LogP contribution in [0.15, 0.2) is 70.5 Å². The van der Waals surface area contributed by atoms with E-state index in [4.69, 9.17) is 0 Å². The number of phenolic OH excluding ortho intramolecular Hbond substituents is 2. The fourth-order valence-electron chi connectivity index (χ4n) is 4.74. The third kappa shape index (κ3) is 6.60. The summed E-state index contributed by atoms with van der Waals surface area (Å²) in [6, 6.07) is 12.4. The predicted molar refractivity (Wildman–Crippen MR) is 148 cm³/mol. The van der Waals surface area contributed by atoms with Crippen molar-refractivity contribution < 1.29 is 105 Å². The van der Waals surface area contributed by atoms with Crippen molar-refractivity contribution in [2.75, 3.05) is 10.6 Å². The minimum atomic E-state index is -4.99. The number of ketones is 2. The van der Waals surface area contributed by atoms with Crippen molar-refractivity contribution in [3.8, 4) is 11.5 Å². The molecule has 0 spiro atoms. The van der Waals surface area contributed by atoms with E-state index >= 15 is 0 Å². The standard InChI is InChI=1S/C28H22N2O10S2.2Na/c1-13-3-5-15(21(11-13)41(35,36)37)29-17-7-8-18(30-16-6-4-14(2)12-22(16)42(38,39)40)24-23(17)27(33)25-19(31)9-10-20(32)26(25)28(24)34;;/h3-12,29-32H,1-2H3,(H,35,36,37)(H,38,39,40);;/q;2*+1/p-2. The molecule has 0 fully saturated rings. The van der Waals surface area contributed by atoms with Crippen LogP contribution in [-0.4, -0.2) is 47.7 Å². The molecule has 0 saturated heterocycles. The van der Waals surface area contributed by atoms with Crippen LogP contribution in [0.1, 0.15) is 43.0 Å². The van der Waals surface area contributed by atoms with Crippen LogP contribution in [-0.2, 0) is 20.2 Å². The predicted octanol–water partition coefficient (Wildman–Crippen LogP) is -2.21. The van der Waals surface area contributed by atoms with Crippen molar-refractivity contribution in [2.45, 2.75) is 23.6 Å². The zero-order chi connectivity index (χ0) is 30.7. The number of phenols is 2. The molecule has 5 rings (SSSR count). The number of carbonyl (C=O) groups is 2. The Bertz CT molecular complexity index is 1940. The Labute approximate surface area is 296 Å². The SMILES string of the molecule is Cc1ccc(Nc2ccc(Nc3ccc(C)cc3S(=O)(=O)[O-])c3c2C(=O)c2c(O)ccc(O)c2C3=O)c(S(=O)(=O)[O-])c1.[Na+].[Na+]. The van der Waals surface area contributed by atoms with E-state index in [1.54, 1.807) is 13.8 Å². The van der Waals surface area contributed by atoms with E-state index in [0.717, 1.165) is 24.3 Å². The maximum atomic E-state index is 13.8. The molecule has 1 aliphatic rings. The first-order valence-corrected chi connectivity index (χ1v) is 14.9. The summed E-state index contributed by atoms with van der Waals surface area (Å²) in [6.07, 6.45) is 0. The molecule has 16 heteroatoms. The van der Waals surface area contributed by atoms with Gasteiger partial charge in [0, 0.05) is 0 Å². The van der Waals surface area contributed by atoms with Crippen LogP contribution in [0.5, 0.6) is 11.5 Å². The van der Waals surface area contributed by atoms with Crippen molar-refractivity contribution in [3.63, 3.8) is 0 Å². The number of aryl methyl sites for hydroxylation is 2. The number of hydrogen-bond acceptors (Lipinski definition) is 12. The molecule has 0 radical (unpaired) electrons. The van der Waals surface area contributed by atoms with E-state index < -0.39 is 64.2 Å². The molecule has 0 unspecified atom stereocenters. The summed E-state index contributed by atoms with van der Waals surface area (Å²) in [6.45, 7) is 3.13. The largest absolute Gasteiger partial charge is 1.00 e. The van der Waals surface area contributed by atoms with Gasteiger partial charge in [0.1, 0.15) is 31.7 Å². The van der Waals surface area contributed by atoms with Gasteiger partial charge in [-0.2, -0.15) is 0 Å². The first-order chi connectivity index (χ1) is 19.6. The van der Waals surface area contributed by atoms with Crippen LogP contribution in [0.4, 0.5) is 22.7 Å². The van der Waals surface area contributed by atoms with Gasteiger partial charge >= 0.3 is 59.1 Å². The molecular formula is C28H20N2Na2O10S2. The van der Waals surface area contributed by atoms with E-state index in [9.17, 15) is 45.7 Å². The van der Waals surface area contributed by atoms with Gasteiger partial charge in [0.25, 0.3) is 0 Å². The molecule has 4 aromatic carbocycles. The molecule has 0 saturated carbocycles. The molecule has 0 atom stereocenters. The molecule has 4 aromatic rings. The Hall–Kier alpha value is -2.76. The number of aromatic hydroxyl groups is 2. The van der Waals surface area contributed by atoms with Gasteiger partial charge in [-0.15, -0.1) is 0 Å². The van der Waals surface area contributed by atoms with Crippen LogP contribution in [0, 0.1) is 13.8 Å². The van der Waals surface area contributed by atoms with Crippen LogP contribution in [0.3, 0.4) is 0 Å². The average molecular weight is 655 g/mol. The zero-order valence-electron chi connectivity index (χ0n) is 23.8. The van der Waals surface area contributed by atoms with Crippen LogP contribution in [0.2, 0.25) is 0 Å². The van der Waals surface area contributed by atoms with E-state index in [1.165, 1.54) is 36.4 Å². The summed E-state index contributed by atoms with van der Waals surface area (Å²) in [5.74, 6) is -3.13. The van der Waals surface area contributed by atoms with Crippen LogP contribution >= 0.6 is 0 Å². The quantitative estimate of drug-likeness (QED) is 0.0872. The fourth-order valence-corrected chi connectivity index (χ4v) is 6.18. The molecule has 0 aliphatic heterocycles. The summed E-state index contributed by atoms with van der Waals surface area (Å²) in [4.78, 5) is 26.4. The Morgan fingerprint density at radius 1 is 0.545 bits per heavy atom. The molecular weight excluding hydrogens is 634 g/mol. The van der Waals surface area contributed by atoms with E-state index in [1.807, 2.05) is 0 Å². The molecule has 0 bridgehead atoms. The Kier molecular flexibility index (Phi) is 10.5. The van der Waals surface area contributed by atoms with Gasteiger partial charge in [0.2, 0.25) is 11.6 Å². The zero-order valence-corrected chi connectivity index (χ0v) is 29.4. The first-order valence-electron chi connectivity index (χ1n) is 12.1. The van der Waals surface area contributed by atoms with Crippen molar-refractivity contribution in [3.05, 3.63) is 94.0 Å². The Morgan fingerprint density at radius 3 is 1.18 bits per heavy atom. The molecule has 216 valence electrons. The fraction of sp³-hybridized carbons (Fsp3) is 0.0714. The van der Waals surface area contributed by atoms with E-state index in [-0.39, 0.29) is 93.0 Å². The number of fused-ring (bicyclic) bond motifs is 2. The maximum Gasteiger partial charge on any atom is 1.00 e. The number of benzene rings is 4. The second-order valence-electron chi connectivity index (χ2n) is 9.58. The number of hydrogen-bond donors (Lipinski definition) is 4. The van der Waals surface area contributed by atoms with E-state index in [0.29, 0.717) is 11.1 Å². The van der Waals surface area contributed by atoms with Gasteiger partial charge in [0.05, 0.1) is 54.8 Å². The summed E-state index contributed by atoms with van der Waals surface area (Å²) < 4.78 is 71.9. The van der Waals surface area contributed by atoms with Gasteiger partial charge in [0.15, 0.2) is 0 Å². The van der Waals surface area contributed by atoms with Crippen molar-refractivity contribution in [1.82, 2.24) is 0 Å². The molecule has 44 heavy (non-hydrogen) atoms. The second kappa shape index (κ2) is 12.9. The van der Waals surface area contributed by atoms with Gasteiger partial charge in [-0.1, -0.05) is 12.1 Å². The average Bonchev–Trinajstić information content (AvgIpc) is 2.90. The van der Waals surface area contributed by atoms with Gasteiger partial charge in [-0.3, -0.25) is 9.59 Å². The smallest absolute Gasteiger partial charge is 0.744 e. The number of carbonyl (C=O) groups excluding carboxylic acids is 2. The Morgan fingerprint density at radius 2 is 0.864 bits per heavy atom. The number of nitrogens with one attached hydrogen (secondary N) is 2. The summed E-state index contributed by atoms with van der Waals surface area (Å²) in [7, 11) is -9.98. The summed E-state index contributed by atoms with van der Waals surface area (Å²) in [5.41, 5.74) is -1.59. The first kappa shape index (κ1) is 35.7. The topological polar surface area (TPSA) is 213 Å². The minimum Gasteiger partial charge on any atom is -0.744 e. The van der Waals surface area contributed by atoms with Crippen molar-refractivity contribution in [1.29, 1.82) is 0 Å². The van der Waals surface area contributed by atoms with E-state index in [2.05, 4.69) is 10.6 Å². The maximum absolute atomic E-state index is 13.8. The summed E-state index contributed by atoms with van der Waals surface area (Å²) >= 11 is 0. The second-order valence-corrected chi connectivity index (χ2v) is 12.3. The van der Waals surface area contributed by atoms with Gasteiger partial charge in [-0.25, -0.2) is 16.8 Å². The number of anilines is 4. The third-order valence-corrected chi connectivity index (χ3v) is 8.38. The molecule has 4 N–H and O–H groups in total.